The van der Waals surface area contributed by atoms with E-state index in [-0.39, 0.29) is 22.8 Å². The molecule has 0 aromatic heterocycles. The molecule has 1 aliphatic rings. The number of hydrogen-bond donors (Lipinski definition) is 2. The lowest BCUT2D eigenvalue weighted by atomic mass is 10.1. The normalized spacial score (nSPS) is 20.2. The fourth-order valence-electron chi connectivity index (χ4n) is 2.30. The van der Waals surface area contributed by atoms with Crippen molar-refractivity contribution in [1.29, 1.82) is 0 Å². The van der Waals surface area contributed by atoms with Crippen LogP contribution in [0.25, 0.3) is 0 Å². The number of aromatic carboxylic acids is 1. The van der Waals surface area contributed by atoms with Crippen molar-refractivity contribution in [3.8, 4) is 5.75 Å². The molecule has 116 valence electrons. The molecule has 0 radical (unpaired) electrons. The van der Waals surface area contributed by atoms with Crippen molar-refractivity contribution >= 4 is 16.0 Å². The van der Waals surface area contributed by atoms with Gasteiger partial charge in [0.15, 0.2) is 0 Å². The zero-order chi connectivity index (χ0) is 15.6. The van der Waals surface area contributed by atoms with Gasteiger partial charge in [-0.15, -0.1) is 0 Å². The third kappa shape index (κ3) is 3.17. The van der Waals surface area contributed by atoms with Gasteiger partial charge >= 0.3 is 5.97 Å². The number of β-amino-alcohol motifs (C(OH)–C–C–N with tert-alkyl or cyclic N) is 1. The molecule has 1 fully saturated rings. The zero-order valence-corrected chi connectivity index (χ0v) is 12.3. The van der Waals surface area contributed by atoms with E-state index >= 15 is 0 Å². The van der Waals surface area contributed by atoms with E-state index in [4.69, 9.17) is 9.84 Å². The first-order chi connectivity index (χ1) is 9.86. The van der Waals surface area contributed by atoms with E-state index in [9.17, 15) is 18.3 Å². The smallest absolute Gasteiger partial charge is 0.339 e. The monoisotopic (exact) mass is 315 g/mol. The lowest BCUT2D eigenvalue weighted by Gasteiger charge is -2.29. The van der Waals surface area contributed by atoms with Crippen molar-refractivity contribution in [2.24, 2.45) is 0 Å². The number of carboxylic acids is 1. The minimum Gasteiger partial charge on any atom is -0.496 e. The Morgan fingerprint density at radius 3 is 2.71 bits per heavy atom. The van der Waals surface area contributed by atoms with Gasteiger partial charge in [0.25, 0.3) is 0 Å². The van der Waals surface area contributed by atoms with Crippen LogP contribution in [0.15, 0.2) is 23.1 Å². The molecule has 1 aliphatic heterocycles. The highest BCUT2D eigenvalue weighted by atomic mass is 32.2. The summed E-state index contributed by atoms with van der Waals surface area (Å²) in [7, 11) is -2.51. The van der Waals surface area contributed by atoms with Crippen LogP contribution < -0.4 is 4.74 Å². The van der Waals surface area contributed by atoms with Crippen molar-refractivity contribution in [2.45, 2.75) is 23.8 Å². The Morgan fingerprint density at radius 2 is 2.14 bits per heavy atom. The number of sulfonamides is 1. The van der Waals surface area contributed by atoms with Gasteiger partial charge in [-0.05, 0) is 31.0 Å². The number of ether oxygens (including phenoxy) is 1. The highest BCUT2D eigenvalue weighted by molar-refractivity contribution is 7.89. The number of aliphatic hydroxyl groups is 1. The average molecular weight is 315 g/mol. The van der Waals surface area contributed by atoms with E-state index in [1.165, 1.54) is 23.5 Å². The summed E-state index contributed by atoms with van der Waals surface area (Å²) in [6.07, 6.45) is 0.447. The predicted molar refractivity (Wildman–Crippen MR) is 74.0 cm³/mol. The number of aliphatic hydroxyl groups excluding tert-OH is 1. The van der Waals surface area contributed by atoms with Crippen LogP contribution in [0, 0.1) is 0 Å². The number of methoxy groups -OCH3 is 1. The molecule has 2 N–H and O–H groups in total. The molecule has 0 amide bonds. The van der Waals surface area contributed by atoms with Crippen molar-refractivity contribution in [1.82, 2.24) is 4.31 Å². The van der Waals surface area contributed by atoms with Crippen molar-refractivity contribution in [3.05, 3.63) is 23.8 Å². The number of nitrogens with zero attached hydrogens (tertiary/aromatic N) is 1. The van der Waals surface area contributed by atoms with E-state index in [2.05, 4.69) is 0 Å². The van der Waals surface area contributed by atoms with Crippen LogP contribution in [0.2, 0.25) is 0 Å². The van der Waals surface area contributed by atoms with Crippen LogP contribution in [0.5, 0.6) is 5.75 Å². The van der Waals surface area contributed by atoms with Gasteiger partial charge in [-0.3, -0.25) is 0 Å². The maximum Gasteiger partial charge on any atom is 0.339 e. The third-order valence-electron chi connectivity index (χ3n) is 3.40. The van der Waals surface area contributed by atoms with E-state index < -0.39 is 22.1 Å². The minimum atomic E-state index is -3.82. The number of carbonyl (C=O) groups is 1. The molecular weight excluding hydrogens is 298 g/mol. The molecule has 21 heavy (non-hydrogen) atoms. The fraction of sp³-hybridized carbons (Fsp3) is 0.462. The van der Waals surface area contributed by atoms with E-state index in [1.54, 1.807) is 0 Å². The summed E-state index contributed by atoms with van der Waals surface area (Å²) in [5.74, 6) is -1.16. The highest BCUT2D eigenvalue weighted by Gasteiger charge is 2.30. The SMILES string of the molecule is COc1ccc(S(=O)(=O)N2CCC[C@H](O)C2)cc1C(=O)O. The fourth-order valence-corrected chi connectivity index (χ4v) is 3.85. The predicted octanol–water partition coefficient (Wildman–Crippen LogP) is 0.539. The Morgan fingerprint density at radius 1 is 1.43 bits per heavy atom. The van der Waals surface area contributed by atoms with Gasteiger partial charge < -0.3 is 14.9 Å². The van der Waals surface area contributed by atoms with Gasteiger partial charge in [-0.1, -0.05) is 0 Å². The Labute approximate surface area is 122 Å². The maximum atomic E-state index is 12.5. The van der Waals surface area contributed by atoms with Crippen molar-refractivity contribution in [3.63, 3.8) is 0 Å². The Balaban J connectivity index is 2.40. The van der Waals surface area contributed by atoms with Crippen LogP contribution in [0.4, 0.5) is 0 Å². The standard InChI is InChI=1S/C13H17NO6S/c1-20-12-5-4-10(7-11(12)13(16)17)21(18,19)14-6-2-3-9(15)8-14/h4-5,7,9,15H,2-3,6,8H2,1H3,(H,16,17)/t9-/m0/s1. The molecule has 0 bridgehead atoms. The topological polar surface area (TPSA) is 104 Å². The van der Waals surface area contributed by atoms with Gasteiger partial charge in [-0.2, -0.15) is 4.31 Å². The number of hydrogen-bond acceptors (Lipinski definition) is 5. The summed E-state index contributed by atoms with van der Waals surface area (Å²) in [6.45, 7) is 0.338. The second-order valence-electron chi connectivity index (χ2n) is 4.83. The number of benzene rings is 1. The Bertz CT molecular complexity index is 642. The summed E-state index contributed by atoms with van der Waals surface area (Å²) < 4.78 is 31.1. The van der Waals surface area contributed by atoms with Crippen molar-refractivity contribution < 1.29 is 28.2 Å². The molecule has 2 rings (SSSR count). The largest absolute Gasteiger partial charge is 0.496 e. The second kappa shape index (κ2) is 6.00. The molecule has 8 heteroatoms. The molecule has 1 aromatic rings. The molecule has 0 aliphatic carbocycles. The first kappa shape index (κ1) is 15.7. The van der Waals surface area contributed by atoms with Crippen LogP contribution in [-0.2, 0) is 10.0 Å². The molecule has 0 unspecified atom stereocenters. The average Bonchev–Trinajstić information content (AvgIpc) is 2.46. The van der Waals surface area contributed by atoms with E-state index in [1.807, 2.05) is 0 Å². The number of piperidine rings is 1. The van der Waals surface area contributed by atoms with Gasteiger partial charge in [0.05, 0.1) is 18.1 Å². The zero-order valence-electron chi connectivity index (χ0n) is 11.5. The van der Waals surface area contributed by atoms with Crippen molar-refractivity contribution in [2.75, 3.05) is 20.2 Å². The van der Waals surface area contributed by atoms with Crippen LogP contribution in [0.1, 0.15) is 23.2 Å². The molecular formula is C13H17NO6S. The van der Waals surface area contributed by atoms with E-state index in [0.29, 0.717) is 19.4 Å². The second-order valence-corrected chi connectivity index (χ2v) is 6.76. The van der Waals surface area contributed by atoms with E-state index in [0.717, 1.165) is 6.07 Å². The number of carboxylic acid groups (broad SMARTS) is 1. The van der Waals surface area contributed by atoms with Crippen LogP contribution >= 0.6 is 0 Å². The Hall–Kier alpha value is -1.64. The summed E-state index contributed by atoms with van der Waals surface area (Å²) >= 11 is 0. The molecule has 0 spiro atoms. The molecule has 7 nitrogen and oxygen atoms in total. The first-order valence-electron chi connectivity index (χ1n) is 6.46. The molecule has 1 atom stereocenters. The lowest BCUT2D eigenvalue weighted by molar-refractivity contribution is 0.0693. The van der Waals surface area contributed by atoms with Gasteiger partial charge in [0.2, 0.25) is 10.0 Å². The molecule has 1 heterocycles. The molecule has 1 saturated heterocycles. The minimum absolute atomic E-state index is 0.0246. The summed E-state index contributed by atoms with van der Waals surface area (Å²) in [4.78, 5) is 11.0. The first-order valence-corrected chi connectivity index (χ1v) is 7.90. The molecule has 1 aromatic carbocycles. The van der Waals surface area contributed by atoms with Gasteiger partial charge in [-0.25, -0.2) is 13.2 Å². The van der Waals surface area contributed by atoms with Crippen LogP contribution in [0.3, 0.4) is 0 Å². The van der Waals surface area contributed by atoms with Gasteiger partial charge in [0, 0.05) is 13.1 Å². The number of rotatable bonds is 4. The molecule has 0 saturated carbocycles. The quantitative estimate of drug-likeness (QED) is 0.840. The highest BCUT2D eigenvalue weighted by Crippen LogP contribution is 2.26. The Kier molecular flexibility index (Phi) is 4.50. The maximum absolute atomic E-state index is 12.5. The van der Waals surface area contributed by atoms with Gasteiger partial charge in [0.1, 0.15) is 11.3 Å². The summed E-state index contributed by atoms with van der Waals surface area (Å²) in [6, 6.07) is 3.70. The lowest BCUT2D eigenvalue weighted by Crippen LogP contribution is -2.42. The third-order valence-corrected chi connectivity index (χ3v) is 5.26. The van der Waals surface area contributed by atoms with Crippen LogP contribution in [-0.4, -0.2) is 55.2 Å². The summed E-state index contributed by atoms with van der Waals surface area (Å²) in [5.41, 5.74) is -0.212. The summed E-state index contributed by atoms with van der Waals surface area (Å²) in [5, 5.41) is 18.7.